The Morgan fingerprint density at radius 2 is 1.07 bits per heavy atom. The van der Waals surface area contributed by atoms with Gasteiger partial charge in [-0.15, -0.1) is 0 Å². The number of ether oxygens (including phenoxy) is 2. The Morgan fingerprint density at radius 1 is 0.651 bits per heavy atom. The first-order valence-corrected chi connectivity index (χ1v) is 18.2. The van der Waals surface area contributed by atoms with Gasteiger partial charge in [0, 0.05) is 25.5 Å². The molecule has 242 valence electrons. The molecule has 0 saturated carbocycles. The zero-order valence-corrected chi connectivity index (χ0v) is 33.3. The van der Waals surface area contributed by atoms with Crippen molar-refractivity contribution < 1.29 is 102 Å². The number of phosphoric acid groups is 1. The van der Waals surface area contributed by atoms with Crippen LogP contribution in [0.4, 0.5) is 0 Å². The topological polar surface area (TPSA) is 142 Å². The van der Waals surface area contributed by atoms with Crippen LogP contribution in [0.5, 0.6) is 0 Å². The third-order valence-corrected chi connectivity index (χ3v) is 8.08. The number of rotatable bonds is 29. The molecule has 0 aromatic rings. The molecule has 0 aliphatic rings. The summed E-state index contributed by atoms with van der Waals surface area (Å²) in [5.74, 6) is -0.0912. The van der Waals surface area contributed by atoms with E-state index in [0.29, 0.717) is 12.8 Å². The van der Waals surface area contributed by atoms with Crippen LogP contribution in [0.3, 0.4) is 0 Å². The molecule has 0 heterocycles. The minimum Gasteiger partial charge on any atom is -0.790 e. The Balaban J connectivity index is -0.00000800. The number of esters is 2. The molecule has 0 spiro atoms. The van der Waals surface area contributed by atoms with Crippen LogP contribution in [-0.2, 0) is 32.9 Å². The summed E-state index contributed by atoms with van der Waals surface area (Å²) in [7, 11) is -5.25. The molecule has 0 aromatic carbocycles. The van der Waals surface area contributed by atoms with Crippen molar-refractivity contribution in [3.8, 4) is 0 Å². The second kappa shape index (κ2) is 34.4. The maximum absolute atomic E-state index is 12.2. The Kier molecular flexibility index (Phi) is 38.8. The summed E-state index contributed by atoms with van der Waals surface area (Å²) in [4.78, 5) is 56.9. The van der Waals surface area contributed by atoms with Crippen molar-refractivity contribution >= 4 is 36.6 Å². The van der Waals surface area contributed by atoms with Crippen LogP contribution in [0, 0.1) is 0 Å². The van der Waals surface area contributed by atoms with E-state index < -0.39 is 32.5 Å². The Morgan fingerprint density at radius 3 is 1.51 bits per heavy atom. The summed E-state index contributed by atoms with van der Waals surface area (Å²) in [6.07, 6.45) is 20.0. The first-order valence-electron chi connectivity index (χ1n) is 15.8. The van der Waals surface area contributed by atoms with Crippen molar-refractivity contribution in [1.82, 2.24) is 0 Å². The Hall–Kier alpha value is 1.07. The molecule has 0 rings (SSSR count). The van der Waals surface area contributed by atoms with Crippen LogP contribution < -0.4 is 68.9 Å². The van der Waals surface area contributed by atoms with Crippen LogP contribution >= 0.6 is 19.6 Å². The van der Waals surface area contributed by atoms with Crippen molar-refractivity contribution in [2.45, 2.75) is 155 Å². The van der Waals surface area contributed by atoms with Crippen molar-refractivity contribution in [3.63, 3.8) is 0 Å². The van der Waals surface area contributed by atoms with Gasteiger partial charge in [-0.3, -0.25) is 14.4 Å². The molecule has 0 N–H and O–H groups in total. The van der Waals surface area contributed by atoms with Gasteiger partial charge in [0.1, 0.15) is 6.61 Å². The molecule has 9 nitrogen and oxygen atoms in total. The smallest absolute Gasteiger partial charge is 0.790 e. The van der Waals surface area contributed by atoms with Gasteiger partial charge < -0.3 is 28.3 Å². The fraction of sp³-hybridized carbons (Fsp3) is 0.900. The third kappa shape index (κ3) is 39.2. The summed E-state index contributed by atoms with van der Waals surface area (Å²) >= 11 is 1.39. The van der Waals surface area contributed by atoms with E-state index >= 15 is 0 Å². The molecule has 0 bridgehead atoms. The molecule has 0 saturated heterocycles. The van der Waals surface area contributed by atoms with Gasteiger partial charge in [-0.25, -0.2) is 0 Å². The molecule has 0 aliphatic heterocycles. The Bertz CT molecular complexity index is 726. The monoisotopic (exact) mass is 668 g/mol. The Labute approximate surface area is 309 Å². The molecule has 0 unspecified atom stereocenters. The van der Waals surface area contributed by atoms with E-state index in [2.05, 4.69) is 11.4 Å². The van der Waals surface area contributed by atoms with Crippen LogP contribution in [-0.4, -0.2) is 42.1 Å². The van der Waals surface area contributed by atoms with Crippen LogP contribution in [0.2, 0.25) is 0 Å². The molecule has 0 aromatic heterocycles. The van der Waals surface area contributed by atoms with E-state index in [9.17, 15) is 28.7 Å². The number of carbonyl (C=O) groups is 3. The zero-order valence-electron chi connectivity index (χ0n) is 27.6. The van der Waals surface area contributed by atoms with E-state index in [1.807, 2.05) is 0 Å². The molecule has 0 radical (unpaired) electrons. The van der Waals surface area contributed by atoms with Crippen molar-refractivity contribution in [2.24, 2.45) is 0 Å². The van der Waals surface area contributed by atoms with E-state index in [4.69, 9.17) is 9.47 Å². The summed E-state index contributed by atoms with van der Waals surface area (Å²) in [6.45, 7) is 2.78. The van der Waals surface area contributed by atoms with Crippen molar-refractivity contribution in [3.05, 3.63) is 0 Å². The second-order valence-electron chi connectivity index (χ2n) is 10.7. The number of carbonyl (C=O) groups excluding carboxylic acids is 3. The van der Waals surface area contributed by atoms with Crippen LogP contribution in [0.15, 0.2) is 0 Å². The minimum absolute atomic E-state index is 0. The largest absolute Gasteiger partial charge is 1.00 e. The first kappa shape index (κ1) is 48.5. The van der Waals surface area contributed by atoms with E-state index in [0.717, 1.165) is 63.5 Å². The number of hydrogen-bond acceptors (Lipinski definition) is 10. The summed E-state index contributed by atoms with van der Waals surface area (Å²) in [5, 5.41) is 0.177. The molecule has 0 aliphatic carbocycles. The van der Waals surface area contributed by atoms with E-state index in [1.165, 1.54) is 63.1 Å². The second-order valence-corrected chi connectivity index (χ2v) is 13.2. The number of phosphoric ester groups is 1. The predicted molar refractivity (Wildman–Crippen MR) is 160 cm³/mol. The SMILES string of the molecule is CCCCCCCCCCCCC(=O)O[C@@H](COC(=O)CCCCCCCCCCCSC(C)=O)COP(=O)([O-])[O-].[Na+].[Na+]. The van der Waals surface area contributed by atoms with Gasteiger partial charge in [0.25, 0.3) is 0 Å². The summed E-state index contributed by atoms with van der Waals surface area (Å²) < 4.78 is 25.6. The quantitative estimate of drug-likeness (QED) is 0.0486. The standard InChI is InChI=1S/C30H57O9PS.2Na/c1-3-4-5-6-7-8-10-14-17-20-23-30(33)39-28(26-38-40(34,35)36)25-37-29(32)22-19-16-13-11-9-12-15-18-21-24-41-27(2)31;;/h28H,3-26H2,1-2H3,(H2,34,35,36);;/q;2*+1/p-2/t28-;;/m0../s1. The summed E-state index contributed by atoms with van der Waals surface area (Å²) in [5.41, 5.74) is 0. The van der Waals surface area contributed by atoms with Gasteiger partial charge in [0.2, 0.25) is 0 Å². The molecule has 0 fully saturated rings. The van der Waals surface area contributed by atoms with Gasteiger partial charge in [-0.1, -0.05) is 121 Å². The fourth-order valence-electron chi connectivity index (χ4n) is 4.37. The van der Waals surface area contributed by atoms with E-state index in [-0.39, 0.29) is 83.7 Å². The van der Waals surface area contributed by atoms with Crippen molar-refractivity contribution in [1.29, 1.82) is 0 Å². The minimum atomic E-state index is -5.25. The maximum Gasteiger partial charge on any atom is 1.00 e. The summed E-state index contributed by atoms with van der Waals surface area (Å²) in [6, 6.07) is 0. The molecule has 1 atom stereocenters. The van der Waals surface area contributed by atoms with Crippen LogP contribution in [0.25, 0.3) is 0 Å². The molecular weight excluding hydrogens is 613 g/mol. The van der Waals surface area contributed by atoms with Crippen LogP contribution in [0.1, 0.15) is 149 Å². The molecule has 0 amide bonds. The molecule has 43 heavy (non-hydrogen) atoms. The van der Waals surface area contributed by atoms with Gasteiger partial charge in [-0.05, 0) is 19.3 Å². The van der Waals surface area contributed by atoms with E-state index in [1.54, 1.807) is 6.92 Å². The average molecular weight is 669 g/mol. The molecule has 13 heteroatoms. The zero-order chi connectivity index (χ0) is 30.6. The van der Waals surface area contributed by atoms with Gasteiger partial charge >= 0.3 is 71.1 Å². The van der Waals surface area contributed by atoms with Gasteiger partial charge in [0.05, 0.1) is 14.4 Å². The number of thioether (sulfide) groups is 1. The normalized spacial score (nSPS) is 11.7. The molecular formula is C30H55Na2O9PS. The fourth-order valence-corrected chi connectivity index (χ4v) is 5.36. The maximum atomic E-state index is 12.2. The predicted octanol–water partition coefficient (Wildman–Crippen LogP) is 0.786. The number of hydrogen-bond donors (Lipinski definition) is 0. The first-order chi connectivity index (χ1) is 19.6. The van der Waals surface area contributed by atoms with Crippen molar-refractivity contribution in [2.75, 3.05) is 19.0 Å². The average Bonchev–Trinajstić information content (AvgIpc) is 2.91. The number of unbranched alkanes of at least 4 members (excludes halogenated alkanes) is 17. The third-order valence-electron chi connectivity index (χ3n) is 6.71. The van der Waals surface area contributed by atoms with Gasteiger partial charge in [0.15, 0.2) is 11.2 Å². The van der Waals surface area contributed by atoms with Gasteiger partial charge in [-0.2, -0.15) is 0 Å².